The second-order valence-corrected chi connectivity index (χ2v) is 3.35. The van der Waals surface area contributed by atoms with Gasteiger partial charge in [0.1, 0.15) is 5.75 Å². The van der Waals surface area contributed by atoms with E-state index in [1.807, 2.05) is 24.3 Å². The lowest BCUT2D eigenvalue weighted by Gasteiger charge is -2.10. The zero-order valence-corrected chi connectivity index (χ0v) is 10.1. The van der Waals surface area contributed by atoms with Crippen molar-refractivity contribution in [2.75, 3.05) is 20.5 Å². The first kappa shape index (κ1) is 15.2. The van der Waals surface area contributed by atoms with Crippen molar-refractivity contribution < 1.29 is 14.6 Å². The van der Waals surface area contributed by atoms with Gasteiger partial charge in [-0.25, -0.2) is 0 Å². The van der Waals surface area contributed by atoms with Gasteiger partial charge in [0, 0.05) is 13.2 Å². The van der Waals surface area contributed by atoms with E-state index in [9.17, 15) is 0 Å². The minimum absolute atomic E-state index is 0. The second-order valence-electron chi connectivity index (χ2n) is 3.35. The molecule has 4 nitrogen and oxygen atoms in total. The molecule has 0 aliphatic heterocycles. The van der Waals surface area contributed by atoms with E-state index in [1.54, 1.807) is 7.11 Å². The molecule has 0 heterocycles. The molecule has 1 rings (SSSR count). The van der Waals surface area contributed by atoms with Gasteiger partial charge in [0.25, 0.3) is 0 Å². The Morgan fingerprint density at radius 2 is 2.19 bits per heavy atom. The van der Waals surface area contributed by atoms with Crippen LogP contribution in [0.1, 0.15) is 5.56 Å². The predicted molar refractivity (Wildman–Crippen MR) is 65.0 cm³/mol. The van der Waals surface area contributed by atoms with E-state index >= 15 is 0 Å². The van der Waals surface area contributed by atoms with E-state index in [-0.39, 0.29) is 31.8 Å². The van der Waals surface area contributed by atoms with Gasteiger partial charge < -0.3 is 20.3 Å². The number of benzene rings is 1. The smallest absolute Gasteiger partial charge is 0.188 e. The Morgan fingerprint density at radius 3 is 2.81 bits per heavy atom. The fraction of sp³-hybridized carbons (Fsp3) is 0.455. The van der Waals surface area contributed by atoms with Gasteiger partial charge in [0.05, 0.1) is 6.61 Å². The van der Waals surface area contributed by atoms with Crippen LogP contribution < -0.4 is 10.5 Å². The molecule has 92 valence electrons. The molecule has 1 aromatic rings. The molecule has 3 N–H and O–H groups in total. The molecule has 1 atom stereocenters. The van der Waals surface area contributed by atoms with Crippen molar-refractivity contribution in [1.82, 2.24) is 0 Å². The fourth-order valence-electron chi connectivity index (χ4n) is 1.26. The van der Waals surface area contributed by atoms with Crippen LogP contribution >= 0.6 is 12.4 Å². The molecule has 1 unspecified atom stereocenters. The summed E-state index contributed by atoms with van der Waals surface area (Å²) in [6, 6.07) is 7.38. The van der Waals surface area contributed by atoms with Crippen LogP contribution in [0.5, 0.6) is 5.75 Å². The summed E-state index contributed by atoms with van der Waals surface area (Å²) in [5.74, 6) is 0.750. The van der Waals surface area contributed by atoms with Crippen molar-refractivity contribution in [3.8, 4) is 5.75 Å². The minimum Gasteiger partial charge on any atom is -0.468 e. The van der Waals surface area contributed by atoms with Crippen LogP contribution in [0.4, 0.5) is 0 Å². The predicted octanol–water partition coefficient (Wildman–Crippen LogP) is 0.953. The Morgan fingerprint density at radius 1 is 1.44 bits per heavy atom. The molecule has 5 heteroatoms. The molecule has 1 aromatic carbocycles. The molecule has 0 amide bonds. The van der Waals surface area contributed by atoms with Crippen molar-refractivity contribution in [2.45, 2.75) is 12.5 Å². The number of aliphatic hydroxyl groups is 1. The Labute approximate surface area is 102 Å². The highest BCUT2D eigenvalue weighted by Crippen LogP contribution is 2.14. The quantitative estimate of drug-likeness (QED) is 0.735. The summed E-state index contributed by atoms with van der Waals surface area (Å²) in [5, 5.41) is 8.83. The van der Waals surface area contributed by atoms with Crippen LogP contribution in [-0.2, 0) is 11.2 Å². The van der Waals surface area contributed by atoms with Gasteiger partial charge in [-0.1, -0.05) is 12.1 Å². The molecule has 16 heavy (non-hydrogen) atoms. The average molecular weight is 248 g/mol. The summed E-state index contributed by atoms with van der Waals surface area (Å²) >= 11 is 0. The van der Waals surface area contributed by atoms with E-state index in [4.69, 9.17) is 20.3 Å². The number of hydrogen-bond acceptors (Lipinski definition) is 4. The Bertz CT molecular complexity index is 296. The van der Waals surface area contributed by atoms with Crippen molar-refractivity contribution in [3.05, 3.63) is 29.8 Å². The normalized spacial score (nSPS) is 11.7. The second kappa shape index (κ2) is 8.35. The minimum atomic E-state index is -0.220. The number of ether oxygens (including phenoxy) is 2. The number of methoxy groups -OCH3 is 1. The maximum atomic E-state index is 8.83. The molecule has 0 aliphatic carbocycles. The van der Waals surface area contributed by atoms with E-state index in [0.717, 1.165) is 11.3 Å². The third kappa shape index (κ3) is 5.32. The summed E-state index contributed by atoms with van der Waals surface area (Å²) in [6.07, 6.45) is 0.640. The lowest BCUT2D eigenvalue weighted by molar-refractivity contribution is 0.0511. The summed E-state index contributed by atoms with van der Waals surface area (Å²) < 4.78 is 10.1. The molecular formula is C11H18ClNO3. The van der Waals surface area contributed by atoms with E-state index in [0.29, 0.717) is 6.42 Å². The highest BCUT2D eigenvalue weighted by Gasteiger charge is 2.03. The summed E-state index contributed by atoms with van der Waals surface area (Å²) in [6.45, 7) is 0.221. The summed E-state index contributed by atoms with van der Waals surface area (Å²) in [5.41, 5.74) is 6.69. The number of hydrogen-bond donors (Lipinski definition) is 2. The van der Waals surface area contributed by atoms with E-state index in [1.165, 1.54) is 0 Å². The fourth-order valence-corrected chi connectivity index (χ4v) is 1.26. The van der Waals surface area contributed by atoms with Crippen LogP contribution in [0.25, 0.3) is 0 Å². The Hall–Kier alpha value is -0.810. The Kier molecular flexibility index (Phi) is 7.93. The molecule has 0 radical (unpaired) electrons. The van der Waals surface area contributed by atoms with Gasteiger partial charge in [0.2, 0.25) is 0 Å². The number of nitrogens with two attached hydrogens (primary N) is 1. The van der Waals surface area contributed by atoms with Crippen molar-refractivity contribution in [3.63, 3.8) is 0 Å². The van der Waals surface area contributed by atoms with Crippen LogP contribution in [0, 0.1) is 0 Å². The average Bonchev–Trinajstić information content (AvgIpc) is 2.26. The zero-order chi connectivity index (χ0) is 11.1. The zero-order valence-electron chi connectivity index (χ0n) is 9.26. The van der Waals surface area contributed by atoms with Crippen LogP contribution in [0.15, 0.2) is 24.3 Å². The SMILES string of the molecule is COCOc1cccc(CC(N)CO)c1.Cl. The van der Waals surface area contributed by atoms with Gasteiger partial charge in [0.15, 0.2) is 6.79 Å². The van der Waals surface area contributed by atoms with Gasteiger partial charge in [-0.3, -0.25) is 0 Å². The third-order valence-electron chi connectivity index (χ3n) is 1.97. The molecule has 0 aromatic heterocycles. The van der Waals surface area contributed by atoms with Crippen LogP contribution in [0.2, 0.25) is 0 Å². The maximum Gasteiger partial charge on any atom is 0.188 e. The van der Waals surface area contributed by atoms with Crippen molar-refractivity contribution in [2.24, 2.45) is 5.73 Å². The van der Waals surface area contributed by atoms with Gasteiger partial charge in [-0.05, 0) is 24.1 Å². The molecule has 0 saturated heterocycles. The lowest BCUT2D eigenvalue weighted by atomic mass is 10.1. The topological polar surface area (TPSA) is 64.7 Å². The first-order chi connectivity index (χ1) is 7.26. The molecule has 0 saturated carbocycles. The number of rotatable bonds is 6. The lowest BCUT2D eigenvalue weighted by Crippen LogP contribution is -2.26. The molecule has 0 bridgehead atoms. The standard InChI is InChI=1S/C11H17NO3.ClH/c1-14-8-15-11-4-2-3-9(6-11)5-10(12)7-13;/h2-4,6,10,13H,5,7-8,12H2,1H3;1H. The van der Waals surface area contributed by atoms with Crippen molar-refractivity contribution in [1.29, 1.82) is 0 Å². The molecule has 0 spiro atoms. The maximum absolute atomic E-state index is 8.83. The van der Waals surface area contributed by atoms with Gasteiger partial charge >= 0.3 is 0 Å². The largest absolute Gasteiger partial charge is 0.468 e. The summed E-state index contributed by atoms with van der Waals surface area (Å²) in [7, 11) is 1.57. The number of halogens is 1. The Balaban J connectivity index is 0.00000225. The molecule has 0 aliphatic rings. The monoisotopic (exact) mass is 247 g/mol. The highest BCUT2D eigenvalue weighted by molar-refractivity contribution is 5.85. The molecular weight excluding hydrogens is 230 g/mol. The van der Waals surface area contributed by atoms with Gasteiger partial charge in [-0.2, -0.15) is 0 Å². The first-order valence-electron chi connectivity index (χ1n) is 4.83. The molecule has 0 fully saturated rings. The van der Waals surface area contributed by atoms with Crippen molar-refractivity contribution >= 4 is 12.4 Å². The van der Waals surface area contributed by atoms with Crippen LogP contribution in [-0.4, -0.2) is 31.7 Å². The number of aliphatic hydroxyl groups excluding tert-OH is 1. The highest BCUT2D eigenvalue weighted by atomic mass is 35.5. The summed E-state index contributed by atoms with van der Waals surface area (Å²) in [4.78, 5) is 0. The third-order valence-corrected chi connectivity index (χ3v) is 1.97. The van der Waals surface area contributed by atoms with Gasteiger partial charge in [-0.15, -0.1) is 12.4 Å². The van der Waals surface area contributed by atoms with Crippen LogP contribution in [0.3, 0.4) is 0 Å². The first-order valence-corrected chi connectivity index (χ1v) is 4.83. The van der Waals surface area contributed by atoms with E-state index in [2.05, 4.69) is 0 Å². The van der Waals surface area contributed by atoms with E-state index < -0.39 is 0 Å².